The Hall–Kier alpha value is -0.820. The first-order valence-corrected chi connectivity index (χ1v) is 6.07. The van der Waals surface area contributed by atoms with Gasteiger partial charge in [-0.25, -0.2) is 0 Å². The summed E-state index contributed by atoms with van der Waals surface area (Å²) in [4.78, 5) is 0. The average Bonchev–Trinajstić information content (AvgIpc) is 2.28. The molecule has 1 aliphatic rings. The van der Waals surface area contributed by atoms with Crippen molar-refractivity contribution in [1.82, 2.24) is 0 Å². The number of benzene rings is 1. The Labute approximate surface area is 103 Å². The van der Waals surface area contributed by atoms with Crippen molar-refractivity contribution >= 4 is 15.9 Å². The summed E-state index contributed by atoms with van der Waals surface area (Å²) in [6.07, 6.45) is 2.53. The van der Waals surface area contributed by atoms with E-state index >= 15 is 0 Å². The van der Waals surface area contributed by atoms with Crippen LogP contribution in [0.3, 0.4) is 0 Å². The van der Waals surface area contributed by atoms with Crippen LogP contribution in [0.1, 0.15) is 24.0 Å². The van der Waals surface area contributed by atoms with Crippen molar-refractivity contribution in [2.24, 2.45) is 0 Å². The van der Waals surface area contributed by atoms with Gasteiger partial charge in [0.05, 0.1) is 0 Å². The lowest BCUT2D eigenvalue weighted by atomic mass is 9.79. The molecule has 0 aliphatic heterocycles. The van der Waals surface area contributed by atoms with Gasteiger partial charge in [-0.2, -0.15) is 0 Å². The third kappa shape index (κ3) is 2.15. The van der Waals surface area contributed by atoms with Gasteiger partial charge in [0, 0.05) is 10.0 Å². The summed E-state index contributed by atoms with van der Waals surface area (Å²) < 4.78 is 0.942. The number of aliphatic hydroxyl groups is 2. The zero-order chi connectivity index (χ0) is 11.6. The smallest absolute Gasteiger partial charge is 0.151 e. The minimum absolute atomic E-state index is 0.217. The zero-order valence-electron chi connectivity index (χ0n) is 8.83. The van der Waals surface area contributed by atoms with Crippen LogP contribution in [0.4, 0.5) is 0 Å². The van der Waals surface area contributed by atoms with Crippen LogP contribution in [-0.2, 0) is 12.0 Å². The highest BCUT2D eigenvalue weighted by Gasteiger charge is 2.32. The van der Waals surface area contributed by atoms with Crippen LogP contribution in [0.15, 0.2) is 22.7 Å². The molecule has 2 rings (SSSR count). The van der Waals surface area contributed by atoms with E-state index in [-0.39, 0.29) is 6.61 Å². The van der Waals surface area contributed by atoms with Gasteiger partial charge in [-0.3, -0.25) is 0 Å². The van der Waals surface area contributed by atoms with Crippen molar-refractivity contribution in [1.29, 1.82) is 0 Å². The van der Waals surface area contributed by atoms with Crippen LogP contribution in [0.25, 0.3) is 0 Å². The molecule has 2 nitrogen and oxygen atoms in total. The van der Waals surface area contributed by atoms with Crippen molar-refractivity contribution < 1.29 is 10.2 Å². The fraction of sp³-hybridized carbons (Fsp3) is 0.385. The minimum Gasteiger partial charge on any atom is -0.384 e. The number of aliphatic hydroxyl groups excluding tert-OH is 1. The van der Waals surface area contributed by atoms with Gasteiger partial charge in [-0.15, -0.1) is 0 Å². The van der Waals surface area contributed by atoms with E-state index in [1.54, 1.807) is 0 Å². The molecule has 0 amide bonds. The first-order chi connectivity index (χ1) is 7.65. The maximum atomic E-state index is 10.5. The lowest BCUT2D eigenvalue weighted by Crippen LogP contribution is -2.29. The Morgan fingerprint density at radius 1 is 1.44 bits per heavy atom. The average molecular weight is 281 g/mol. The molecule has 0 unspecified atom stereocenters. The van der Waals surface area contributed by atoms with Gasteiger partial charge in [-0.05, 0) is 37.0 Å². The molecule has 0 aromatic heterocycles. The summed E-state index contributed by atoms with van der Waals surface area (Å²) in [7, 11) is 0. The number of hydrogen-bond acceptors (Lipinski definition) is 2. The molecule has 16 heavy (non-hydrogen) atoms. The van der Waals surface area contributed by atoms with Crippen LogP contribution in [-0.4, -0.2) is 16.8 Å². The maximum absolute atomic E-state index is 10.5. The Kier molecular flexibility index (Phi) is 3.34. The second-order valence-corrected chi connectivity index (χ2v) is 4.89. The predicted octanol–water partition coefficient (Wildman–Crippen LogP) is 1.97. The molecule has 0 saturated heterocycles. The van der Waals surface area contributed by atoms with Crippen molar-refractivity contribution in [2.75, 3.05) is 6.61 Å². The highest BCUT2D eigenvalue weighted by atomic mass is 79.9. The van der Waals surface area contributed by atoms with Crippen molar-refractivity contribution in [2.45, 2.75) is 24.9 Å². The van der Waals surface area contributed by atoms with Crippen LogP contribution in [0, 0.1) is 11.8 Å². The number of hydrogen-bond donors (Lipinski definition) is 2. The van der Waals surface area contributed by atoms with Crippen LogP contribution in [0.2, 0.25) is 0 Å². The van der Waals surface area contributed by atoms with E-state index in [9.17, 15) is 5.11 Å². The first kappa shape index (κ1) is 11.7. The van der Waals surface area contributed by atoms with E-state index in [0.717, 1.165) is 28.4 Å². The van der Waals surface area contributed by atoms with Crippen LogP contribution < -0.4 is 0 Å². The third-order valence-electron chi connectivity index (χ3n) is 2.88. The molecule has 1 aromatic carbocycles. The number of halogens is 1. The summed E-state index contributed by atoms with van der Waals surface area (Å²) in [5.74, 6) is 5.32. The molecule has 3 heteroatoms. The number of rotatable bonds is 0. The van der Waals surface area contributed by atoms with E-state index < -0.39 is 5.60 Å². The fourth-order valence-corrected chi connectivity index (χ4v) is 2.50. The SMILES string of the molecule is OCC#C[C@]1(O)CCCc2ccc(Br)cc21. The molecule has 0 heterocycles. The molecule has 84 valence electrons. The summed E-state index contributed by atoms with van der Waals surface area (Å²) in [5, 5.41) is 19.2. The normalized spacial score (nSPS) is 23.2. The van der Waals surface area contributed by atoms with Gasteiger partial charge in [0.25, 0.3) is 0 Å². The molecule has 1 atom stereocenters. The molecule has 0 radical (unpaired) electrons. The summed E-state index contributed by atoms with van der Waals surface area (Å²) in [6, 6.07) is 5.91. The molecule has 0 fully saturated rings. The Morgan fingerprint density at radius 2 is 2.25 bits per heavy atom. The molecule has 1 aromatic rings. The van der Waals surface area contributed by atoms with E-state index in [2.05, 4.69) is 27.8 Å². The fourth-order valence-electron chi connectivity index (χ4n) is 2.14. The van der Waals surface area contributed by atoms with Crippen molar-refractivity contribution in [3.8, 4) is 11.8 Å². The van der Waals surface area contributed by atoms with Gasteiger partial charge >= 0.3 is 0 Å². The van der Waals surface area contributed by atoms with Gasteiger partial charge in [0.1, 0.15) is 6.61 Å². The lowest BCUT2D eigenvalue weighted by molar-refractivity contribution is 0.0801. The molecule has 2 N–H and O–H groups in total. The third-order valence-corrected chi connectivity index (χ3v) is 3.37. The van der Waals surface area contributed by atoms with Crippen LogP contribution in [0.5, 0.6) is 0 Å². The number of fused-ring (bicyclic) bond motifs is 1. The van der Waals surface area contributed by atoms with Crippen molar-refractivity contribution in [3.63, 3.8) is 0 Å². The Morgan fingerprint density at radius 3 is 3.00 bits per heavy atom. The van der Waals surface area contributed by atoms with E-state index in [4.69, 9.17) is 5.11 Å². The Balaban J connectivity index is 2.49. The van der Waals surface area contributed by atoms with Gasteiger partial charge in [0.15, 0.2) is 5.60 Å². The van der Waals surface area contributed by atoms with Crippen LogP contribution >= 0.6 is 15.9 Å². The molecule has 1 aliphatic carbocycles. The van der Waals surface area contributed by atoms with Crippen molar-refractivity contribution in [3.05, 3.63) is 33.8 Å². The lowest BCUT2D eigenvalue weighted by Gasteiger charge is -2.30. The zero-order valence-corrected chi connectivity index (χ0v) is 10.4. The molecule has 0 spiro atoms. The maximum Gasteiger partial charge on any atom is 0.151 e. The second kappa shape index (κ2) is 4.58. The quantitative estimate of drug-likeness (QED) is 0.714. The summed E-state index contributed by atoms with van der Waals surface area (Å²) >= 11 is 3.40. The molecular weight excluding hydrogens is 268 g/mol. The van der Waals surface area contributed by atoms with E-state index in [0.29, 0.717) is 6.42 Å². The second-order valence-electron chi connectivity index (χ2n) is 3.98. The van der Waals surface area contributed by atoms with Gasteiger partial charge in [-0.1, -0.05) is 33.8 Å². The topological polar surface area (TPSA) is 40.5 Å². The molecular formula is C13H13BrO2. The highest BCUT2D eigenvalue weighted by Crippen LogP contribution is 2.36. The molecule has 0 saturated carbocycles. The highest BCUT2D eigenvalue weighted by molar-refractivity contribution is 9.10. The first-order valence-electron chi connectivity index (χ1n) is 5.28. The minimum atomic E-state index is -1.10. The standard InChI is InChI=1S/C13H13BrO2/c14-11-5-4-10-3-1-6-13(16,7-2-8-15)12(10)9-11/h4-5,9,15-16H,1,3,6,8H2/t13-/m1/s1. The Bertz CT molecular complexity index is 459. The summed E-state index contributed by atoms with van der Waals surface area (Å²) in [5.41, 5.74) is 0.915. The van der Waals surface area contributed by atoms with E-state index in [1.807, 2.05) is 18.2 Å². The molecule has 0 bridgehead atoms. The number of aryl methyl sites for hydroxylation is 1. The van der Waals surface area contributed by atoms with Gasteiger partial charge in [0.2, 0.25) is 0 Å². The van der Waals surface area contributed by atoms with Gasteiger partial charge < -0.3 is 10.2 Å². The monoisotopic (exact) mass is 280 g/mol. The van der Waals surface area contributed by atoms with E-state index in [1.165, 1.54) is 0 Å². The largest absolute Gasteiger partial charge is 0.384 e. The predicted molar refractivity (Wildman–Crippen MR) is 65.8 cm³/mol. The summed E-state index contributed by atoms with van der Waals surface area (Å²) in [6.45, 7) is -0.217.